The number of nitrogens with zero attached hydrogens (tertiary/aromatic N) is 2. The quantitative estimate of drug-likeness (QED) is 0.593. The van der Waals surface area contributed by atoms with Crippen LogP contribution in [-0.2, 0) is 0 Å². The first-order valence-corrected chi connectivity index (χ1v) is 9.79. The summed E-state index contributed by atoms with van der Waals surface area (Å²) in [5.74, 6) is 1.21. The van der Waals surface area contributed by atoms with E-state index >= 15 is 0 Å². The standard InChI is InChI=1S/C23H22N4O4/c1-13-9-18(27-31-13)15-5-4-6-16(11-15)25-22(29)26-20-17-10-14(12-24)7-8-19(17)30-23(2,3)21(20)28/h4-11,20-21,28H,1-3H3,(H2,25,26,29). The van der Waals surface area contributed by atoms with Crippen molar-refractivity contribution < 1.29 is 19.2 Å². The number of hydrogen-bond donors (Lipinski definition) is 3. The number of fused-ring (bicyclic) bond motifs is 1. The van der Waals surface area contributed by atoms with Crippen LogP contribution in [0.4, 0.5) is 10.5 Å². The van der Waals surface area contributed by atoms with Crippen molar-refractivity contribution in [3.05, 3.63) is 65.4 Å². The fraction of sp³-hybridized carbons (Fsp3) is 0.261. The van der Waals surface area contributed by atoms with Gasteiger partial charge in [0.25, 0.3) is 0 Å². The van der Waals surface area contributed by atoms with Gasteiger partial charge in [-0.05, 0) is 51.1 Å². The molecule has 0 saturated heterocycles. The third-order valence-corrected chi connectivity index (χ3v) is 5.21. The minimum atomic E-state index is -1.02. The fourth-order valence-electron chi connectivity index (χ4n) is 3.59. The van der Waals surface area contributed by atoms with E-state index in [9.17, 15) is 15.2 Å². The summed E-state index contributed by atoms with van der Waals surface area (Å²) in [4.78, 5) is 12.8. The smallest absolute Gasteiger partial charge is 0.319 e. The largest absolute Gasteiger partial charge is 0.485 e. The Morgan fingerprint density at radius 3 is 2.74 bits per heavy atom. The number of aryl methyl sites for hydroxylation is 1. The Bertz CT molecular complexity index is 1180. The number of rotatable bonds is 3. The molecule has 2 aromatic carbocycles. The highest BCUT2D eigenvalue weighted by atomic mass is 16.5. The predicted octanol–water partition coefficient (Wildman–Crippen LogP) is 3.92. The van der Waals surface area contributed by atoms with Gasteiger partial charge < -0.3 is 25.0 Å². The van der Waals surface area contributed by atoms with E-state index in [1.54, 1.807) is 50.2 Å². The van der Waals surface area contributed by atoms with E-state index in [0.29, 0.717) is 34.0 Å². The third-order valence-electron chi connectivity index (χ3n) is 5.21. The molecule has 8 heteroatoms. The Kier molecular flexibility index (Phi) is 5.13. The molecule has 2 atom stereocenters. The molecule has 0 spiro atoms. The molecule has 1 aliphatic heterocycles. The molecule has 158 valence electrons. The van der Waals surface area contributed by atoms with E-state index < -0.39 is 23.8 Å². The molecule has 0 radical (unpaired) electrons. The summed E-state index contributed by atoms with van der Waals surface area (Å²) in [5, 5.41) is 29.7. The summed E-state index contributed by atoms with van der Waals surface area (Å²) in [7, 11) is 0. The summed E-state index contributed by atoms with van der Waals surface area (Å²) in [6.45, 7) is 5.30. The summed E-state index contributed by atoms with van der Waals surface area (Å²) >= 11 is 0. The van der Waals surface area contributed by atoms with Gasteiger partial charge in [0, 0.05) is 22.9 Å². The first kappa shape index (κ1) is 20.4. The molecule has 2 amide bonds. The van der Waals surface area contributed by atoms with Crippen LogP contribution in [0, 0.1) is 18.3 Å². The van der Waals surface area contributed by atoms with Crippen molar-refractivity contribution in [1.29, 1.82) is 5.26 Å². The van der Waals surface area contributed by atoms with Crippen molar-refractivity contribution in [2.75, 3.05) is 5.32 Å². The Morgan fingerprint density at radius 1 is 1.23 bits per heavy atom. The van der Waals surface area contributed by atoms with Crippen LogP contribution in [0.15, 0.2) is 53.1 Å². The van der Waals surface area contributed by atoms with Crippen molar-refractivity contribution in [2.45, 2.75) is 38.5 Å². The molecule has 1 aliphatic rings. The van der Waals surface area contributed by atoms with E-state index in [-0.39, 0.29) is 0 Å². The second-order valence-corrected chi connectivity index (χ2v) is 7.99. The molecule has 4 rings (SSSR count). The molecule has 8 nitrogen and oxygen atoms in total. The maximum absolute atomic E-state index is 12.8. The van der Waals surface area contributed by atoms with Gasteiger partial charge in [-0.15, -0.1) is 0 Å². The number of urea groups is 1. The lowest BCUT2D eigenvalue weighted by Gasteiger charge is -2.42. The number of amides is 2. The number of aliphatic hydroxyl groups excluding tert-OH is 1. The number of benzene rings is 2. The molecule has 31 heavy (non-hydrogen) atoms. The van der Waals surface area contributed by atoms with E-state index in [0.717, 1.165) is 5.56 Å². The Labute approximate surface area is 179 Å². The van der Waals surface area contributed by atoms with Crippen molar-refractivity contribution in [1.82, 2.24) is 10.5 Å². The highest BCUT2D eigenvalue weighted by Crippen LogP contribution is 2.40. The number of carbonyl (C=O) groups excluding carboxylic acids is 1. The van der Waals surface area contributed by atoms with Gasteiger partial charge in [-0.3, -0.25) is 0 Å². The molecule has 3 aromatic rings. The molecule has 0 aliphatic carbocycles. The Hall–Kier alpha value is -3.83. The average Bonchev–Trinajstić information content (AvgIpc) is 3.17. The van der Waals surface area contributed by atoms with Gasteiger partial charge in [0.15, 0.2) is 0 Å². The van der Waals surface area contributed by atoms with Crippen molar-refractivity contribution in [3.8, 4) is 23.1 Å². The summed E-state index contributed by atoms with van der Waals surface area (Å²) in [6, 6.07) is 14.8. The molecule has 0 bridgehead atoms. The summed E-state index contributed by atoms with van der Waals surface area (Å²) in [6.07, 6.45) is -1.02. The zero-order chi connectivity index (χ0) is 22.2. The molecule has 2 unspecified atom stereocenters. The second kappa shape index (κ2) is 7.78. The summed E-state index contributed by atoms with van der Waals surface area (Å²) < 4.78 is 11.0. The van der Waals surface area contributed by atoms with Crippen molar-refractivity contribution in [3.63, 3.8) is 0 Å². The van der Waals surface area contributed by atoms with Gasteiger partial charge in [-0.1, -0.05) is 17.3 Å². The Balaban J connectivity index is 1.56. The Morgan fingerprint density at radius 2 is 2.03 bits per heavy atom. The van der Waals surface area contributed by atoms with E-state index in [1.807, 2.05) is 19.1 Å². The third kappa shape index (κ3) is 4.09. The number of nitrogens with one attached hydrogen (secondary N) is 2. The SMILES string of the molecule is Cc1cc(-c2cccc(NC(=O)NC3c4cc(C#N)ccc4OC(C)(C)C3O)c2)no1. The lowest BCUT2D eigenvalue weighted by molar-refractivity contribution is -0.0618. The first-order chi connectivity index (χ1) is 14.8. The van der Waals surface area contributed by atoms with Crippen LogP contribution >= 0.6 is 0 Å². The number of anilines is 1. The van der Waals surface area contributed by atoms with E-state index in [1.165, 1.54) is 0 Å². The van der Waals surface area contributed by atoms with Gasteiger partial charge in [-0.25, -0.2) is 4.79 Å². The highest BCUT2D eigenvalue weighted by Gasteiger charge is 2.43. The number of ether oxygens (including phenoxy) is 1. The van der Waals surface area contributed by atoms with Gasteiger partial charge in [0.1, 0.15) is 28.9 Å². The molecule has 3 N–H and O–H groups in total. The molecule has 0 saturated carbocycles. The lowest BCUT2D eigenvalue weighted by atomic mass is 9.86. The predicted molar refractivity (Wildman–Crippen MR) is 113 cm³/mol. The number of carbonyl (C=O) groups is 1. The van der Waals surface area contributed by atoms with Crippen LogP contribution in [0.25, 0.3) is 11.3 Å². The topological polar surface area (TPSA) is 120 Å². The first-order valence-electron chi connectivity index (χ1n) is 9.79. The van der Waals surface area contributed by atoms with E-state index in [4.69, 9.17) is 9.26 Å². The second-order valence-electron chi connectivity index (χ2n) is 7.99. The molecule has 1 aromatic heterocycles. The van der Waals surface area contributed by atoms with Gasteiger partial charge in [0.05, 0.1) is 17.7 Å². The van der Waals surface area contributed by atoms with Crippen molar-refractivity contribution >= 4 is 11.7 Å². The maximum Gasteiger partial charge on any atom is 0.319 e. The van der Waals surface area contributed by atoms with Crippen molar-refractivity contribution in [2.24, 2.45) is 0 Å². The lowest BCUT2D eigenvalue weighted by Crippen LogP contribution is -2.54. The minimum absolute atomic E-state index is 0.414. The average molecular weight is 418 g/mol. The zero-order valence-electron chi connectivity index (χ0n) is 17.3. The number of aliphatic hydroxyl groups is 1. The number of aromatic nitrogens is 1. The van der Waals surface area contributed by atoms with Crippen LogP contribution in [-0.4, -0.2) is 28.0 Å². The minimum Gasteiger partial charge on any atom is -0.485 e. The van der Waals surface area contributed by atoms with Gasteiger partial charge in [0.2, 0.25) is 0 Å². The summed E-state index contributed by atoms with van der Waals surface area (Å²) in [5.41, 5.74) is 2.06. The zero-order valence-corrected chi connectivity index (χ0v) is 17.3. The molecule has 2 heterocycles. The fourth-order valence-corrected chi connectivity index (χ4v) is 3.59. The van der Waals surface area contributed by atoms with Gasteiger partial charge in [-0.2, -0.15) is 5.26 Å². The molecular weight excluding hydrogens is 396 g/mol. The maximum atomic E-state index is 12.8. The van der Waals surface area contributed by atoms with Crippen LogP contribution in [0.5, 0.6) is 5.75 Å². The van der Waals surface area contributed by atoms with Gasteiger partial charge >= 0.3 is 6.03 Å². The monoisotopic (exact) mass is 418 g/mol. The molecule has 0 fully saturated rings. The molecular formula is C23H22N4O4. The van der Waals surface area contributed by atoms with E-state index in [2.05, 4.69) is 21.9 Å². The van der Waals surface area contributed by atoms with Crippen LogP contribution < -0.4 is 15.4 Å². The van der Waals surface area contributed by atoms with Crippen LogP contribution in [0.3, 0.4) is 0 Å². The van der Waals surface area contributed by atoms with Crippen LogP contribution in [0.2, 0.25) is 0 Å². The number of hydrogen-bond acceptors (Lipinski definition) is 6. The van der Waals surface area contributed by atoms with Crippen LogP contribution in [0.1, 0.15) is 36.8 Å². The normalized spacial score (nSPS) is 18.9. The highest BCUT2D eigenvalue weighted by molar-refractivity contribution is 5.90. The number of nitriles is 1.